The van der Waals surface area contributed by atoms with E-state index >= 15 is 0 Å². The number of hydrogen-bond acceptors (Lipinski definition) is 3. The van der Waals surface area contributed by atoms with Crippen molar-refractivity contribution in [3.8, 4) is 0 Å². The maximum atomic E-state index is 13.1. The van der Waals surface area contributed by atoms with Crippen molar-refractivity contribution in [2.45, 2.75) is 31.7 Å². The highest BCUT2D eigenvalue weighted by Gasteiger charge is 2.22. The van der Waals surface area contributed by atoms with E-state index in [2.05, 4.69) is 10.0 Å². The number of halogens is 2. The Hall–Kier alpha value is -2.90. The molecule has 1 atom stereocenters. The highest BCUT2D eigenvalue weighted by Crippen LogP contribution is 2.27. The number of rotatable bonds is 6. The smallest absolute Gasteiger partial charge is 0.263 e. The van der Waals surface area contributed by atoms with Gasteiger partial charge in [-0.2, -0.15) is 0 Å². The number of carbonyl (C=O) groups is 1. The molecule has 0 heterocycles. The van der Waals surface area contributed by atoms with E-state index in [1.54, 1.807) is 38.1 Å². The molecule has 0 saturated carbocycles. The zero-order valence-electron chi connectivity index (χ0n) is 17.2. The molecule has 0 aliphatic heterocycles. The first-order chi connectivity index (χ1) is 14.6. The van der Waals surface area contributed by atoms with Crippen LogP contribution in [0.3, 0.4) is 0 Å². The molecule has 8 heteroatoms. The Balaban J connectivity index is 1.84. The zero-order chi connectivity index (χ0) is 22.8. The van der Waals surface area contributed by atoms with Crippen LogP contribution >= 0.6 is 11.6 Å². The van der Waals surface area contributed by atoms with Crippen molar-refractivity contribution in [3.05, 3.63) is 93.8 Å². The van der Waals surface area contributed by atoms with Gasteiger partial charge in [0.25, 0.3) is 15.9 Å². The van der Waals surface area contributed by atoms with Crippen molar-refractivity contribution in [3.63, 3.8) is 0 Å². The maximum Gasteiger partial charge on any atom is 0.263 e. The Bertz CT molecular complexity index is 1230. The Kier molecular flexibility index (Phi) is 6.67. The highest BCUT2D eigenvalue weighted by atomic mass is 35.5. The monoisotopic (exact) mass is 460 g/mol. The van der Waals surface area contributed by atoms with Crippen LogP contribution in [0, 0.1) is 19.7 Å². The Morgan fingerprint density at radius 3 is 2.32 bits per heavy atom. The second kappa shape index (κ2) is 9.08. The molecular formula is C23H22ClFN2O3S. The quantitative estimate of drug-likeness (QED) is 0.518. The molecule has 0 aliphatic rings. The molecular weight excluding hydrogens is 439 g/mol. The van der Waals surface area contributed by atoms with E-state index in [9.17, 15) is 17.6 Å². The van der Waals surface area contributed by atoms with Crippen molar-refractivity contribution in [2.75, 3.05) is 4.72 Å². The Labute approximate surface area is 186 Å². The molecule has 3 aromatic rings. The molecule has 0 aromatic heterocycles. The zero-order valence-corrected chi connectivity index (χ0v) is 18.8. The lowest BCUT2D eigenvalue weighted by atomic mass is 10.1. The Morgan fingerprint density at radius 1 is 1.00 bits per heavy atom. The summed E-state index contributed by atoms with van der Waals surface area (Å²) in [6.45, 7) is 5.46. The van der Waals surface area contributed by atoms with E-state index in [4.69, 9.17) is 11.6 Å². The van der Waals surface area contributed by atoms with Gasteiger partial charge in [0.2, 0.25) is 0 Å². The summed E-state index contributed by atoms with van der Waals surface area (Å²) < 4.78 is 41.5. The SMILES string of the molecule is Cc1ccc(NS(=O)(=O)c2cc(C(=O)N[C@@H](C)c3ccc(F)cc3)ccc2Cl)c(C)c1. The first-order valence-electron chi connectivity index (χ1n) is 9.53. The molecule has 2 N–H and O–H groups in total. The van der Waals surface area contributed by atoms with Gasteiger partial charge < -0.3 is 5.32 Å². The number of aryl methyl sites for hydroxylation is 2. The van der Waals surface area contributed by atoms with Crippen molar-refractivity contribution < 1.29 is 17.6 Å². The summed E-state index contributed by atoms with van der Waals surface area (Å²) in [5, 5.41) is 2.78. The average molecular weight is 461 g/mol. The standard InChI is InChI=1S/C23H22ClFN2O3S/c1-14-4-11-21(15(2)12-14)27-31(29,30)22-13-18(7-10-20(22)24)23(28)26-16(3)17-5-8-19(25)9-6-17/h4-13,16,27H,1-3H3,(H,26,28)/t16-/m0/s1. The van der Waals surface area contributed by atoms with Gasteiger partial charge in [0.15, 0.2) is 0 Å². The fourth-order valence-electron chi connectivity index (χ4n) is 3.09. The highest BCUT2D eigenvalue weighted by molar-refractivity contribution is 7.92. The molecule has 0 radical (unpaired) electrons. The van der Waals surface area contributed by atoms with Gasteiger partial charge in [-0.1, -0.05) is 41.4 Å². The van der Waals surface area contributed by atoms with E-state index in [0.717, 1.165) is 11.1 Å². The van der Waals surface area contributed by atoms with Crippen LogP contribution in [-0.2, 0) is 10.0 Å². The maximum absolute atomic E-state index is 13.1. The number of nitrogens with one attached hydrogen (secondary N) is 2. The molecule has 0 unspecified atom stereocenters. The van der Waals surface area contributed by atoms with Crippen LogP contribution in [0.5, 0.6) is 0 Å². The third kappa shape index (κ3) is 5.42. The summed E-state index contributed by atoms with van der Waals surface area (Å²) in [7, 11) is -4.02. The molecule has 0 fully saturated rings. The number of anilines is 1. The second-order valence-electron chi connectivity index (χ2n) is 7.32. The molecule has 31 heavy (non-hydrogen) atoms. The minimum Gasteiger partial charge on any atom is -0.346 e. The summed E-state index contributed by atoms with van der Waals surface area (Å²) in [5.74, 6) is -0.845. The second-order valence-corrected chi connectivity index (χ2v) is 9.37. The molecule has 0 spiro atoms. The van der Waals surface area contributed by atoms with Crippen LogP contribution in [-0.4, -0.2) is 14.3 Å². The van der Waals surface area contributed by atoms with Crippen LogP contribution in [0.4, 0.5) is 10.1 Å². The third-order valence-corrected chi connectivity index (χ3v) is 6.67. The molecule has 3 aromatic carbocycles. The first kappa shape index (κ1) is 22.8. The number of sulfonamides is 1. The fraction of sp³-hybridized carbons (Fsp3) is 0.174. The summed E-state index contributed by atoms with van der Waals surface area (Å²) in [5.41, 5.74) is 3.06. The minimum absolute atomic E-state index is 0.000368. The van der Waals surface area contributed by atoms with Crippen LogP contribution in [0.2, 0.25) is 5.02 Å². The predicted molar refractivity (Wildman–Crippen MR) is 120 cm³/mol. The van der Waals surface area contributed by atoms with Gasteiger partial charge in [0.05, 0.1) is 16.8 Å². The molecule has 162 valence electrons. The predicted octanol–water partition coefficient (Wildman–Crippen LogP) is 5.39. The summed E-state index contributed by atoms with van der Waals surface area (Å²) in [6.07, 6.45) is 0. The van der Waals surface area contributed by atoms with Crippen molar-refractivity contribution in [1.82, 2.24) is 5.32 Å². The lowest BCUT2D eigenvalue weighted by Gasteiger charge is -2.16. The van der Waals surface area contributed by atoms with Gasteiger partial charge in [0, 0.05) is 5.56 Å². The lowest BCUT2D eigenvalue weighted by molar-refractivity contribution is 0.0939. The number of amides is 1. The van der Waals surface area contributed by atoms with Gasteiger partial charge in [-0.3, -0.25) is 9.52 Å². The Morgan fingerprint density at radius 2 is 1.68 bits per heavy atom. The van der Waals surface area contributed by atoms with Crippen LogP contribution in [0.1, 0.15) is 40.0 Å². The summed E-state index contributed by atoms with van der Waals surface area (Å²) in [4.78, 5) is 12.5. The van der Waals surface area contributed by atoms with Crippen LogP contribution in [0.25, 0.3) is 0 Å². The van der Waals surface area contributed by atoms with E-state index in [-0.39, 0.29) is 21.3 Å². The van der Waals surface area contributed by atoms with Gasteiger partial charge in [-0.15, -0.1) is 0 Å². The number of carbonyl (C=O) groups excluding carboxylic acids is 1. The average Bonchev–Trinajstić information content (AvgIpc) is 2.70. The third-order valence-electron chi connectivity index (χ3n) is 4.83. The van der Waals surface area contributed by atoms with Crippen LogP contribution in [0.15, 0.2) is 65.6 Å². The van der Waals surface area contributed by atoms with Crippen molar-refractivity contribution in [1.29, 1.82) is 0 Å². The molecule has 0 bridgehead atoms. The summed E-state index contributed by atoms with van der Waals surface area (Å²) in [6, 6.07) is 14.8. The minimum atomic E-state index is -4.02. The topological polar surface area (TPSA) is 75.3 Å². The van der Waals surface area contributed by atoms with E-state index < -0.39 is 22.0 Å². The molecule has 5 nitrogen and oxygen atoms in total. The van der Waals surface area contributed by atoms with E-state index in [0.29, 0.717) is 11.3 Å². The first-order valence-corrected chi connectivity index (χ1v) is 11.4. The molecule has 0 saturated heterocycles. The van der Waals surface area contributed by atoms with Gasteiger partial charge >= 0.3 is 0 Å². The fourth-order valence-corrected chi connectivity index (χ4v) is 4.75. The van der Waals surface area contributed by atoms with Gasteiger partial charge in [-0.25, -0.2) is 12.8 Å². The largest absolute Gasteiger partial charge is 0.346 e. The molecule has 3 rings (SSSR count). The van der Waals surface area contributed by atoms with E-state index in [1.807, 2.05) is 13.0 Å². The van der Waals surface area contributed by atoms with Crippen LogP contribution < -0.4 is 10.0 Å². The number of benzene rings is 3. The molecule has 1 amide bonds. The normalized spacial score (nSPS) is 12.3. The van der Waals surface area contributed by atoms with Crippen molar-refractivity contribution in [2.24, 2.45) is 0 Å². The van der Waals surface area contributed by atoms with Crippen molar-refractivity contribution >= 4 is 33.2 Å². The van der Waals surface area contributed by atoms with Gasteiger partial charge in [0.1, 0.15) is 10.7 Å². The lowest BCUT2D eigenvalue weighted by Crippen LogP contribution is -2.27. The van der Waals surface area contributed by atoms with E-state index in [1.165, 1.54) is 30.3 Å². The van der Waals surface area contributed by atoms with Gasteiger partial charge in [-0.05, 0) is 68.3 Å². The summed E-state index contributed by atoms with van der Waals surface area (Å²) >= 11 is 6.15. The number of hydrogen-bond donors (Lipinski definition) is 2. The molecule has 0 aliphatic carbocycles.